The molecule has 0 radical (unpaired) electrons. The Morgan fingerprint density at radius 2 is 2.17 bits per heavy atom. The van der Waals surface area contributed by atoms with Gasteiger partial charge < -0.3 is 14.9 Å². The summed E-state index contributed by atoms with van der Waals surface area (Å²) in [6.07, 6.45) is 4.82. The Hall–Kier alpha value is -1.55. The normalized spacial score (nSPS) is 11.2. The lowest BCUT2D eigenvalue weighted by atomic mass is 10.2. The summed E-state index contributed by atoms with van der Waals surface area (Å²) < 4.78 is 11.1. The molecule has 4 nitrogen and oxygen atoms in total. The monoisotopic (exact) mass is 248 g/mol. The lowest BCUT2D eigenvalue weighted by Gasteiger charge is -2.00. The minimum Gasteiger partial charge on any atom is -0.438 e. The molecule has 0 fully saturated rings. The number of benzene rings is 1. The van der Waals surface area contributed by atoms with Crippen molar-refractivity contribution < 1.29 is 9.15 Å². The van der Waals surface area contributed by atoms with E-state index >= 15 is 0 Å². The molecule has 18 heavy (non-hydrogen) atoms. The van der Waals surface area contributed by atoms with Gasteiger partial charge in [0.25, 0.3) is 0 Å². The van der Waals surface area contributed by atoms with Crippen LogP contribution < -0.4 is 5.73 Å². The van der Waals surface area contributed by atoms with Crippen LogP contribution in [-0.2, 0) is 11.3 Å². The van der Waals surface area contributed by atoms with Crippen LogP contribution >= 0.6 is 0 Å². The van der Waals surface area contributed by atoms with Gasteiger partial charge in [0.15, 0.2) is 5.58 Å². The molecule has 2 rings (SSSR count). The zero-order valence-corrected chi connectivity index (χ0v) is 10.8. The highest BCUT2D eigenvalue weighted by Gasteiger charge is 2.07. The lowest BCUT2D eigenvalue weighted by Crippen LogP contribution is -1.95. The van der Waals surface area contributed by atoms with Crippen molar-refractivity contribution in [2.75, 3.05) is 12.3 Å². The van der Waals surface area contributed by atoms with E-state index in [2.05, 4.69) is 11.9 Å². The van der Waals surface area contributed by atoms with E-state index in [-0.39, 0.29) is 0 Å². The summed E-state index contributed by atoms with van der Waals surface area (Å²) in [5, 5.41) is 0. The molecule has 2 aromatic rings. The van der Waals surface area contributed by atoms with Gasteiger partial charge in [-0.3, -0.25) is 0 Å². The second-order valence-electron chi connectivity index (χ2n) is 4.41. The van der Waals surface area contributed by atoms with E-state index in [4.69, 9.17) is 14.9 Å². The number of para-hydroxylation sites is 1. The largest absolute Gasteiger partial charge is 0.438 e. The van der Waals surface area contributed by atoms with Gasteiger partial charge in [0.2, 0.25) is 5.89 Å². The lowest BCUT2D eigenvalue weighted by molar-refractivity contribution is 0.100. The van der Waals surface area contributed by atoms with Gasteiger partial charge in [-0.25, -0.2) is 4.98 Å². The standard InChI is InChI=1S/C14H20N2O2/c1-2-3-4-5-9-17-10-13-16-14-11(15)7-6-8-12(14)18-13/h6-8H,2-5,9-10,15H2,1H3. The van der Waals surface area contributed by atoms with Gasteiger partial charge in [0.1, 0.15) is 12.1 Å². The van der Waals surface area contributed by atoms with Crippen molar-refractivity contribution >= 4 is 16.8 Å². The number of oxazole rings is 1. The Labute approximate surface area is 107 Å². The van der Waals surface area contributed by atoms with Crippen LogP contribution in [-0.4, -0.2) is 11.6 Å². The Bertz CT molecular complexity index is 493. The summed E-state index contributed by atoms with van der Waals surface area (Å²) in [5.41, 5.74) is 7.91. The topological polar surface area (TPSA) is 61.3 Å². The van der Waals surface area contributed by atoms with Crippen LogP contribution in [0.15, 0.2) is 22.6 Å². The van der Waals surface area contributed by atoms with Gasteiger partial charge in [-0.15, -0.1) is 0 Å². The molecule has 0 unspecified atom stereocenters. The third-order valence-electron chi connectivity index (χ3n) is 2.86. The molecular weight excluding hydrogens is 228 g/mol. The minimum absolute atomic E-state index is 0.417. The first-order chi connectivity index (χ1) is 8.81. The van der Waals surface area contributed by atoms with Crippen LogP contribution in [0.3, 0.4) is 0 Å². The summed E-state index contributed by atoms with van der Waals surface area (Å²) in [6, 6.07) is 5.54. The van der Waals surface area contributed by atoms with Crippen molar-refractivity contribution in [3.8, 4) is 0 Å². The predicted molar refractivity (Wildman–Crippen MR) is 72.2 cm³/mol. The molecule has 0 aliphatic heterocycles. The molecule has 0 saturated heterocycles. The quantitative estimate of drug-likeness (QED) is 0.601. The Morgan fingerprint density at radius 3 is 2.94 bits per heavy atom. The predicted octanol–water partition coefficient (Wildman–Crippen LogP) is 3.51. The number of rotatable bonds is 7. The van der Waals surface area contributed by atoms with Crippen molar-refractivity contribution in [1.82, 2.24) is 4.98 Å². The van der Waals surface area contributed by atoms with Crippen molar-refractivity contribution in [2.45, 2.75) is 39.2 Å². The van der Waals surface area contributed by atoms with E-state index in [0.717, 1.165) is 24.1 Å². The van der Waals surface area contributed by atoms with Crippen molar-refractivity contribution in [3.05, 3.63) is 24.1 Å². The number of anilines is 1. The SMILES string of the molecule is CCCCCCOCc1nc2c(N)cccc2o1. The van der Waals surface area contributed by atoms with E-state index in [9.17, 15) is 0 Å². The van der Waals surface area contributed by atoms with Crippen LogP contribution in [0, 0.1) is 0 Å². The molecule has 4 heteroatoms. The fourth-order valence-corrected chi connectivity index (χ4v) is 1.87. The highest BCUT2D eigenvalue weighted by Crippen LogP contribution is 2.21. The molecule has 1 aromatic heterocycles. The number of hydrogen-bond acceptors (Lipinski definition) is 4. The number of aromatic nitrogens is 1. The number of ether oxygens (including phenoxy) is 1. The van der Waals surface area contributed by atoms with E-state index in [1.807, 2.05) is 18.2 Å². The number of fused-ring (bicyclic) bond motifs is 1. The number of nitrogen functional groups attached to an aromatic ring is 1. The molecule has 0 spiro atoms. The molecule has 0 saturated carbocycles. The van der Waals surface area contributed by atoms with Gasteiger partial charge in [0, 0.05) is 6.61 Å². The summed E-state index contributed by atoms with van der Waals surface area (Å²) in [6.45, 7) is 3.37. The van der Waals surface area contributed by atoms with Crippen molar-refractivity contribution in [3.63, 3.8) is 0 Å². The maximum absolute atomic E-state index is 5.82. The first-order valence-electron chi connectivity index (χ1n) is 6.53. The second-order valence-corrected chi connectivity index (χ2v) is 4.41. The van der Waals surface area contributed by atoms with Crippen LogP contribution in [0.25, 0.3) is 11.1 Å². The number of hydrogen-bond donors (Lipinski definition) is 1. The zero-order valence-electron chi connectivity index (χ0n) is 10.8. The van der Waals surface area contributed by atoms with Crippen LogP contribution in [0.5, 0.6) is 0 Å². The Kier molecular flexibility index (Phi) is 4.59. The average molecular weight is 248 g/mol. The van der Waals surface area contributed by atoms with Gasteiger partial charge in [-0.1, -0.05) is 32.3 Å². The van der Waals surface area contributed by atoms with Gasteiger partial charge in [-0.05, 0) is 18.6 Å². The average Bonchev–Trinajstić information content (AvgIpc) is 2.78. The number of nitrogens with zero attached hydrogens (tertiary/aromatic N) is 1. The third-order valence-corrected chi connectivity index (χ3v) is 2.86. The highest BCUT2D eigenvalue weighted by atomic mass is 16.5. The van der Waals surface area contributed by atoms with E-state index in [1.165, 1.54) is 19.3 Å². The van der Waals surface area contributed by atoms with Crippen LogP contribution in [0.4, 0.5) is 5.69 Å². The highest BCUT2D eigenvalue weighted by molar-refractivity contribution is 5.85. The third kappa shape index (κ3) is 3.23. The number of nitrogens with two attached hydrogens (primary N) is 1. The molecule has 0 atom stereocenters. The first kappa shape index (κ1) is 12.9. The molecular formula is C14H20N2O2. The summed E-state index contributed by atoms with van der Waals surface area (Å²) in [5.74, 6) is 0.596. The maximum atomic E-state index is 5.82. The minimum atomic E-state index is 0.417. The summed E-state index contributed by atoms with van der Waals surface area (Å²) >= 11 is 0. The molecule has 2 N–H and O–H groups in total. The molecule has 98 valence electrons. The van der Waals surface area contributed by atoms with Crippen molar-refractivity contribution in [1.29, 1.82) is 0 Å². The van der Waals surface area contributed by atoms with Gasteiger partial charge >= 0.3 is 0 Å². The van der Waals surface area contributed by atoms with Gasteiger partial charge in [-0.2, -0.15) is 0 Å². The number of unbranched alkanes of at least 4 members (excludes halogenated alkanes) is 3. The maximum Gasteiger partial charge on any atom is 0.221 e. The van der Waals surface area contributed by atoms with Gasteiger partial charge in [0.05, 0.1) is 5.69 Å². The fraction of sp³-hybridized carbons (Fsp3) is 0.500. The fourth-order valence-electron chi connectivity index (χ4n) is 1.87. The molecule has 0 amide bonds. The van der Waals surface area contributed by atoms with E-state index in [1.54, 1.807) is 0 Å². The van der Waals surface area contributed by atoms with E-state index in [0.29, 0.717) is 18.2 Å². The molecule has 0 aliphatic rings. The first-order valence-corrected chi connectivity index (χ1v) is 6.53. The second kappa shape index (κ2) is 6.40. The van der Waals surface area contributed by atoms with Crippen molar-refractivity contribution in [2.24, 2.45) is 0 Å². The zero-order chi connectivity index (χ0) is 12.8. The Balaban J connectivity index is 1.83. The summed E-state index contributed by atoms with van der Waals surface area (Å²) in [7, 11) is 0. The molecule has 1 aromatic carbocycles. The Morgan fingerprint density at radius 1 is 1.28 bits per heavy atom. The molecule has 1 heterocycles. The summed E-state index contributed by atoms with van der Waals surface area (Å²) in [4.78, 5) is 4.33. The van der Waals surface area contributed by atoms with E-state index < -0.39 is 0 Å². The van der Waals surface area contributed by atoms with Crippen LogP contribution in [0.2, 0.25) is 0 Å². The smallest absolute Gasteiger partial charge is 0.221 e. The van der Waals surface area contributed by atoms with Crippen LogP contribution in [0.1, 0.15) is 38.5 Å². The molecule has 0 aliphatic carbocycles. The molecule has 0 bridgehead atoms.